The van der Waals surface area contributed by atoms with Crippen molar-refractivity contribution >= 4 is 12.0 Å². The summed E-state index contributed by atoms with van der Waals surface area (Å²) in [6.07, 6.45) is 8.88. The zero-order valence-electron chi connectivity index (χ0n) is 19.0. The largest absolute Gasteiger partial charge is 0.337 e. The summed E-state index contributed by atoms with van der Waals surface area (Å²) in [5, 5.41) is 14.2. The van der Waals surface area contributed by atoms with Gasteiger partial charge in [0.15, 0.2) is 0 Å². The van der Waals surface area contributed by atoms with Crippen LogP contribution in [-0.2, 0) is 4.79 Å². The number of hydrogen-bond donors (Lipinski definition) is 0. The number of benzene rings is 1. The molecule has 0 N–H and O–H groups in total. The molecule has 0 radical (unpaired) electrons. The van der Waals surface area contributed by atoms with Gasteiger partial charge in [-0.2, -0.15) is 10.4 Å². The molecule has 1 saturated heterocycles. The lowest BCUT2D eigenvalue weighted by atomic mass is 10.0. The van der Waals surface area contributed by atoms with E-state index in [-0.39, 0.29) is 17.9 Å². The maximum absolute atomic E-state index is 12.9. The highest BCUT2D eigenvalue weighted by Crippen LogP contribution is 2.24. The van der Waals surface area contributed by atoms with E-state index in [0.29, 0.717) is 26.2 Å². The Bertz CT molecular complexity index is 1140. The average molecular weight is 441 g/mol. The first kappa shape index (κ1) is 22.4. The van der Waals surface area contributed by atoms with Crippen molar-refractivity contribution in [1.82, 2.24) is 24.6 Å². The van der Waals surface area contributed by atoms with Gasteiger partial charge in [0, 0.05) is 62.0 Å². The van der Waals surface area contributed by atoms with Gasteiger partial charge < -0.3 is 4.90 Å². The summed E-state index contributed by atoms with van der Waals surface area (Å²) in [4.78, 5) is 21.1. The fraction of sp³-hybridized carbons (Fsp3) is 0.308. The number of hydrogen-bond acceptors (Lipinski definition) is 5. The van der Waals surface area contributed by atoms with Gasteiger partial charge in [0.25, 0.3) is 0 Å². The van der Waals surface area contributed by atoms with E-state index in [1.165, 1.54) is 0 Å². The van der Waals surface area contributed by atoms with Crippen molar-refractivity contribution in [2.45, 2.75) is 19.9 Å². The third-order valence-corrected chi connectivity index (χ3v) is 5.89. The summed E-state index contributed by atoms with van der Waals surface area (Å²) >= 11 is 0. The highest BCUT2D eigenvalue weighted by molar-refractivity contribution is 5.93. The van der Waals surface area contributed by atoms with Gasteiger partial charge >= 0.3 is 0 Å². The molecule has 1 unspecified atom stereocenters. The molecule has 33 heavy (non-hydrogen) atoms. The fourth-order valence-electron chi connectivity index (χ4n) is 4.09. The summed E-state index contributed by atoms with van der Waals surface area (Å²) in [5.74, 6) is 0.237. The monoisotopic (exact) mass is 440 g/mol. The summed E-state index contributed by atoms with van der Waals surface area (Å²) in [6.45, 7) is 6.78. The number of carbonyl (C=O) groups is 1. The van der Waals surface area contributed by atoms with E-state index in [1.54, 1.807) is 18.5 Å². The minimum atomic E-state index is -0.108. The Kier molecular flexibility index (Phi) is 6.96. The molecular formula is C26H28N6O. The van der Waals surface area contributed by atoms with Crippen LogP contribution < -0.4 is 0 Å². The number of rotatable bonds is 6. The van der Waals surface area contributed by atoms with Crippen LogP contribution in [0.4, 0.5) is 0 Å². The lowest BCUT2D eigenvalue weighted by Crippen LogP contribution is -2.52. The quantitative estimate of drug-likeness (QED) is 0.547. The van der Waals surface area contributed by atoms with Gasteiger partial charge in [0.2, 0.25) is 5.91 Å². The molecule has 4 rings (SSSR count). The molecule has 1 aromatic carbocycles. The molecular weight excluding hydrogens is 412 g/mol. The summed E-state index contributed by atoms with van der Waals surface area (Å²) in [7, 11) is 0. The van der Waals surface area contributed by atoms with Gasteiger partial charge in [-0.3, -0.25) is 14.7 Å². The third-order valence-electron chi connectivity index (χ3n) is 5.89. The van der Waals surface area contributed by atoms with Gasteiger partial charge in [-0.25, -0.2) is 4.68 Å². The Hall–Kier alpha value is -3.76. The van der Waals surface area contributed by atoms with Crippen LogP contribution in [0.1, 0.15) is 19.4 Å². The van der Waals surface area contributed by atoms with E-state index in [0.717, 1.165) is 22.5 Å². The standard InChI is InChI=1S/C26H28N6O/c1-20(2)24(17-27)30-13-15-31(16-14-30)25(33)11-10-22-19-32(23-8-4-3-5-9-23)29-26(22)21-7-6-12-28-18-21/h3-12,18-20,24H,13-16H2,1-2H3/b11-10+. The number of carbonyl (C=O) groups excluding carboxylic acids is 1. The topological polar surface area (TPSA) is 78.0 Å². The van der Waals surface area contributed by atoms with Crippen LogP contribution in [0.2, 0.25) is 0 Å². The normalized spacial score (nSPS) is 15.6. The van der Waals surface area contributed by atoms with Crippen LogP contribution in [0.25, 0.3) is 23.0 Å². The molecule has 0 saturated carbocycles. The summed E-state index contributed by atoms with van der Waals surface area (Å²) < 4.78 is 1.82. The first-order valence-electron chi connectivity index (χ1n) is 11.2. The van der Waals surface area contributed by atoms with Gasteiger partial charge in [-0.1, -0.05) is 32.0 Å². The molecule has 1 aliphatic heterocycles. The lowest BCUT2D eigenvalue weighted by Gasteiger charge is -2.37. The molecule has 1 aliphatic rings. The van der Waals surface area contributed by atoms with E-state index >= 15 is 0 Å². The van der Waals surface area contributed by atoms with Gasteiger partial charge in [0.1, 0.15) is 11.7 Å². The first-order chi connectivity index (χ1) is 16.1. The van der Waals surface area contributed by atoms with Crippen molar-refractivity contribution < 1.29 is 4.79 Å². The Morgan fingerprint density at radius 3 is 2.48 bits per heavy atom. The Morgan fingerprint density at radius 2 is 1.85 bits per heavy atom. The number of pyridine rings is 1. The molecule has 3 aromatic rings. The van der Waals surface area contributed by atoms with Crippen molar-refractivity contribution in [1.29, 1.82) is 5.26 Å². The maximum atomic E-state index is 12.9. The second kappa shape index (κ2) is 10.2. The minimum Gasteiger partial charge on any atom is -0.337 e. The highest BCUT2D eigenvalue weighted by atomic mass is 16.2. The SMILES string of the molecule is CC(C)C(C#N)N1CCN(C(=O)/C=C/c2cn(-c3ccccc3)nc2-c2cccnc2)CC1. The number of nitriles is 1. The van der Waals surface area contributed by atoms with E-state index < -0.39 is 0 Å². The zero-order chi connectivity index (χ0) is 23.2. The predicted octanol–water partition coefficient (Wildman–Crippen LogP) is 3.64. The average Bonchev–Trinajstić information content (AvgIpc) is 3.29. The van der Waals surface area contributed by atoms with Crippen molar-refractivity contribution in [2.24, 2.45) is 5.92 Å². The van der Waals surface area contributed by atoms with Crippen LogP contribution in [0, 0.1) is 17.2 Å². The van der Waals surface area contributed by atoms with Crippen LogP contribution in [0.5, 0.6) is 0 Å². The van der Waals surface area contributed by atoms with Crippen molar-refractivity contribution in [2.75, 3.05) is 26.2 Å². The molecule has 0 spiro atoms. The predicted molar refractivity (Wildman–Crippen MR) is 128 cm³/mol. The number of piperazine rings is 1. The number of amides is 1. The van der Waals surface area contributed by atoms with E-state index in [4.69, 9.17) is 5.10 Å². The summed E-state index contributed by atoms with van der Waals surface area (Å²) in [6, 6.07) is 16.0. The summed E-state index contributed by atoms with van der Waals surface area (Å²) in [5.41, 5.74) is 3.46. The van der Waals surface area contributed by atoms with E-state index in [9.17, 15) is 10.1 Å². The van der Waals surface area contributed by atoms with Crippen LogP contribution in [-0.4, -0.2) is 62.7 Å². The van der Waals surface area contributed by atoms with Crippen LogP contribution >= 0.6 is 0 Å². The molecule has 0 aliphatic carbocycles. The first-order valence-corrected chi connectivity index (χ1v) is 11.2. The van der Waals surface area contributed by atoms with Crippen LogP contribution in [0.15, 0.2) is 67.1 Å². The number of nitrogens with zero attached hydrogens (tertiary/aromatic N) is 6. The molecule has 1 atom stereocenters. The highest BCUT2D eigenvalue weighted by Gasteiger charge is 2.27. The second-order valence-corrected chi connectivity index (χ2v) is 8.47. The zero-order valence-corrected chi connectivity index (χ0v) is 19.0. The number of para-hydroxylation sites is 1. The molecule has 7 nitrogen and oxygen atoms in total. The molecule has 7 heteroatoms. The Balaban J connectivity index is 1.51. The van der Waals surface area contributed by atoms with Gasteiger partial charge in [-0.15, -0.1) is 0 Å². The lowest BCUT2D eigenvalue weighted by molar-refractivity contribution is -0.127. The molecule has 3 heterocycles. The molecule has 0 bridgehead atoms. The minimum absolute atomic E-state index is 0.0303. The van der Waals surface area contributed by atoms with Gasteiger partial charge in [0.05, 0.1) is 11.8 Å². The van der Waals surface area contributed by atoms with Crippen molar-refractivity contribution in [3.05, 3.63) is 72.7 Å². The molecule has 1 amide bonds. The maximum Gasteiger partial charge on any atom is 0.246 e. The smallest absolute Gasteiger partial charge is 0.246 e. The molecule has 2 aromatic heterocycles. The Morgan fingerprint density at radius 1 is 1.09 bits per heavy atom. The van der Waals surface area contributed by atoms with Crippen LogP contribution in [0.3, 0.4) is 0 Å². The van der Waals surface area contributed by atoms with E-state index in [1.807, 2.05) is 64.3 Å². The van der Waals surface area contributed by atoms with Gasteiger partial charge in [-0.05, 0) is 36.3 Å². The number of aromatic nitrogens is 3. The third kappa shape index (κ3) is 5.18. The van der Waals surface area contributed by atoms with E-state index in [2.05, 4.69) is 29.8 Å². The van der Waals surface area contributed by atoms with Crippen molar-refractivity contribution in [3.8, 4) is 23.0 Å². The van der Waals surface area contributed by atoms with Crippen molar-refractivity contribution in [3.63, 3.8) is 0 Å². The molecule has 1 fully saturated rings. The fourth-order valence-corrected chi connectivity index (χ4v) is 4.09. The molecule has 168 valence electrons. The second-order valence-electron chi connectivity index (χ2n) is 8.47. The Labute approximate surface area is 194 Å².